The van der Waals surface area contributed by atoms with Crippen LogP contribution < -0.4 is 5.32 Å². The highest BCUT2D eigenvalue weighted by molar-refractivity contribution is 5.57. The predicted molar refractivity (Wildman–Crippen MR) is 61.4 cm³/mol. The Morgan fingerprint density at radius 3 is 2.94 bits per heavy atom. The molecule has 0 aromatic carbocycles. The highest BCUT2D eigenvalue weighted by atomic mass is 16.6. The predicted octanol–water partition coefficient (Wildman–Crippen LogP) is 2.51. The van der Waals surface area contributed by atoms with Gasteiger partial charge in [0.25, 0.3) is 0 Å². The molecule has 1 N–H and O–H groups in total. The second kappa shape index (κ2) is 4.08. The van der Waals surface area contributed by atoms with Crippen LogP contribution >= 0.6 is 0 Å². The fraction of sp³-hybridized carbons (Fsp3) is 0.545. The van der Waals surface area contributed by atoms with Gasteiger partial charge in [0.1, 0.15) is 0 Å². The van der Waals surface area contributed by atoms with Crippen molar-refractivity contribution in [3.05, 3.63) is 27.9 Å². The minimum Gasteiger partial charge on any atom is -0.361 e. The van der Waals surface area contributed by atoms with E-state index in [0.717, 1.165) is 18.5 Å². The maximum atomic E-state index is 10.8. The second-order valence-corrected chi connectivity index (χ2v) is 4.23. The molecule has 0 bridgehead atoms. The quantitative estimate of drug-likeness (QED) is 0.626. The van der Waals surface area contributed by atoms with Crippen LogP contribution in [-0.4, -0.2) is 15.9 Å². The van der Waals surface area contributed by atoms with E-state index in [0.29, 0.717) is 17.8 Å². The summed E-state index contributed by atoms with van der Waals surface area (Å²) in [6.07, 6.45) is 2.19. The maximum Gasteiger partial charge on any atom is 0.311 e. The maximum absolute atomic E-state index is 10.8. The number of nitrogens with zero attached hydrogens (tertiary/aromatic N) is 2. The third kappa shape index (κ3) is 2.13. The number of anilines is 1. The zero-order valence-corrected chi connectivity index (χ0v) is 9.43. The van der Waals surface area contributed by atoms with Crippen molar-refractivity contribution in [3.63, 3.8) is 0 Å². The van der Waals surface area contributed by atoms with E-state index < -0.39 is 4.92 Å². The van der Waals surface area contributed by atoms with Gasteiger partial charge in [-0.1, -0.05) is 13.3 Å². The van der Waals surface area contributed by atoms with Gasteiger partial charge in [-0.05, 0) is 25.3 Å². The third-order valence-electron chi connectivity index (χ3n) is 2.98. The number of pyridine rings is 1. The van der Waals surface area contributed by atoms with Crippen molar-refractivity contribution in [1.29, 1.82) is 0 Å². The van der Waals surface area contributed by atoms with Crippen LogP contribution in [0.25, 0.3) is 0 Å². The smallest absolute Gasteiger partial charge is 0.311 e. The Balaban J connectivity index is 2.18. The summed E-state index contributed by atoms with van der Waals surface area (Å²) in [6, 6.07) is 3.53. The average Bonchev–Trinajstić information content (AvgIpc) is 2.96. The number of hydrogen-bond donors (Lipinski definition) is 1. The molecule has 0 aliphatic heterocycles. The van der Waals surface area contributed by atoms with Gasteiger partial charge in [0, 0.05) is 17.8 Å². The summed E-state index contributed by atoms with van der Waals surface area (Å²) in [5.74, 6) is 1.05. The number of hydrogen-bond acceptors (Lipinski definition) is 4. The van der Waals surface area contributed by atoms with Gasteiger partial charge < -0.3 is 5.32 Å². The standard InChI is InChI=1S/C11H15N3O2/c1-3-8-6-9(8)13-11-10(14(15)16)5-4-7(2)12-11/h4-5,8-9H,3,6H2,1-2H3,(H,12,13). The van der Waals surface area contributed by atoms with Gasteiger partial charge in [-0.3, -0.25) is 10.1 Å². The lowest BCUT2D eigenvalue weighted by Gasteiger charge is -2.05. The van der Waals surface area contributed by atoms with Gasteiger partial charge in [0.05, 0.1) is 4.92 Å². The minimum atomic E-state index is -0.391. The molecular weight excluding hydrogens is 206 g/mol. The highest BCUT2D eigenvalue weighted by Gasteiger charge is 2.36. The van der Waals surface area contributed by atoms with Gasteiger partial charge >= 0.3 is 5.69 Å². The normalized spacial score (nSPS) is 22.9. The molecule has 1 aromatic rings. The topological polar surface area (TPSA) is 68.1 Å². The number of rotatable bonds is 4. The van der Waals surface area contributed by atoms with Crippen molar-refractivity contribution in [2.24, 2.45) is 5.92 Å². The van der Waals surface area contributed by atoms with Crippen molar-refractivity contribution in [2.75, 3.05) is 5.32 Å². The zero-order valence-electron chi connectivity index (χ0n) is 9.43. The molecule has 2 unspecified atom stereocenters. The molecule has 2 atom stereocenters. The fourth-order valence-corrected chi connectivity index (χ4v) is 1.85. The van der Waals surface area contributed by atoms with E-state index in [2.05, 4.69) is 17.2 Å². The molecule has 0 saturated heterocycles. The molecule has 0 amide bonds. The lowest BCUT2D eigenvalue weighted by molar-refractivity contribution is -0.384. The van der Waals surface area contributed by atoms with E-state index in [4.69, 9.17) is 0 Å². The van der Waals surface area contributed by atoms with Crippen LogP contribution in [0.1, 0.15) is 25.5 Å². The number of aryl methyl sites for hydroxylation is 1. The SMILES string of the molecule is CCC1CC1Nc1nc(C)ccc1[N+](=O)[O-]. The first-order chi connectivity index (χ1) is 7.61. The summed E-state index contributed by atoms with van der Waals surface area (Å²) in [6.45, 7) is 3.96. The molecule has 5 nitrogen and oxygen atoms in total. The van der Waals surface area contributed by atoms with Crippen LogP contribution in [0.4, 0.5) is 11.5 Å². The van der Waals surface area contributed by atoms with Crippen LogP contribution in [0.15, 0.2) is 12.1 Å². The van der Waals surface area contributed by atoms with Gasteiger partial charge in [0.2, 0.25) is 5.82 Å². The molecule has 0 radical (unpaired) electrons. The molecular formula is C11H15N3O2. The molecule has 1 heterocycles. The van der Waals surface area contributed by atoms with Crippen LogP contribution in [0.5, 0.6) is 0 Å². The molecule has 2 rings (SSSR count). The lowest BCUT2D eigenvalue weighted by Crippen LogP contribution is -2.09. The van der Waals surface area contributed by atoms with Crippen LogP contribution in [0, 0.1) is 23.0 Å². The average molecular weight is 221 g/mol. The molecule has 1 aliphatic rings. The summed E-state index contributed by atoms with van der Waals surface area (Å²) in [7, 11) is 0. The van der Waals surface area contributed by atoms with E-state index in [9.17, 15) is 10.1 Å². The first-order valence-electron chi connectivity index (χ1n) is 5.50. The van der Waals surface area contributed by atoms with E-state index in [1.165, 1.54) is 6.07 Å². The summed E-state index contributed by atoms with van der Waals surface area (Å²) in [5, 5.41) is 14.0. The Kier molecular flexibility index (Phi) is 2.77. The van der Waals surface area contributed by atoms with Gasteiger partial charge in [-0.25, -0.2) is 4.98 Å². The van der Waals surface area contributed by atoms with Crippen LogP contribution in [0.3, 0.4) is 0 Å². The third-order valence-corrected chi connectivity index (χ3v) is 2.98. The Morgan fingerprint density at radius 1 is 1.62 bits per heavy atom. The van der Waals surface area contributed by atoms with Crippen molar-refractivity contribution in [1.82, 2.24) is 4.98 Å². The van der Waals surface area contributed by atoms with Crippen molar-refractivity contribution in [3.8, 4) is 0 Å². The highest BCUT2D eigenvalue weighted by Crippen LogP contribution is 2.37. The van der Waals surface area contributed by atoms with E-state index in [1.54, 1.807) is 6.07 Å². The number of nitro groups is 1. The molecule has 16 heavy (non-hydrogen) atoms. The molecule has 1 saturated carbocycles. The lowest BCUT2D eigenvalue weighted by atomic mass is 10.3. The van der Waals surface area contributed by atoms with E-state index >= 15 is 0 Å². The first-order valence-corrected chi connectivity index (χ1v) is 5.50. The Morgan fingerprint density at radius 2 is 2.38 bits per heavy atom. The Labute approximate surface area is 94.0 Å². The summed E-state index contributed by atoms with van der Waals surface area (Å²) in [4.78, 5) is 14.6. The number of nitrogens with one attached hydrogen (secondary N) is 1. The molecule has 5 heteroatoms. The largest absolute Gasteiger partial charge is 0.361 e. The van der Waals surface area contributed by atoms with Crippen molar-refractivity contribution >= 4 is 11.5 Å². The summed E-state index contributed by atoms with van der Waals surface area (Å²) in [5.41, 5.74) is 0.856. The second-order valence-electron chi connectivity index (χ2n) is 4.23. The van der Waals surface area contributed by atoms with Crippen molar-refractivity contribution < 1.29 is 4.92 Å². The summed E-state index contributed by atoms with van der Waals surface area (Å²) < 4.78 is 0. The number of aromatic nitrogens is 1. The zero-order chi connectivity index (χ0) is 11.7. The molecule has 86 valence electrons. The Bertz CT molecular complexity index is 420. The van der Waals surface area contributed by atoms with E-state index in [1.807, 2.05) is 6.92 Å². The fourth-order valence-electron chi connectivity index (χ4n) is 1.85. The molecule has 0 spiro atoms. The summed E-state index contributed by atoms with van der Waals surface area (Å²) >= 11 is 0. The van der Waals surface area contributed by atoms with Gasteiger partial charge in [0.15, 0.2) is 0 Å². The van der Waals surface area contributed by atoms with Crippen LogP contribution in [0.2, 0.25) is 0 Å². The monoisotopic (exact) mass is 221 g/mol. The molecule has 1 aliphatic carbocycles. The first kappa shape index (κ1) is 10.9. The van der Waals surface area contributed by atoms with Crippen molar-refractivity contribution in [2.45, 2.75) is 32.7 Å². The Hall–Kier alpha value is -1.65. The minimum absolute atomic E-state index is 0.0624. The van der Waals surface area contributed by atoms with Gasteiger partial charge in [-0.15, -0.1) is 0 Å². The molecule has 1 fully saturated rings. The van der Waals surface area contributed by atoms with Gasteiger partial charge in [-0.2, -0.15) is 0 Å². The molecule has 1 aromatic heterocycles. The van der Waals surface area contributed by atoms with Crippen LogP contribution in [-0.2, 0) is 0 Å². The van der Waals surface area contributed by atoms with E-state index in [-0.39, 0.29) is 5.69 Å².